The summed E-state index contributed by atoms with van der Waals surface area (Å²) < 4.78 is 8.07. The molecule has 0 aliphatic carbocycles. The average molecular weight is 326 g/mol. The molecule has 0 spiro atoms. The van der Waals surface area contributed by atoms with Gasteiger partial charge in [0, 0.05) is 6.20 Å². The Kier molecular flexibility index (Phi) is 3.98. The number of thiocarbonyl (C=S) groups is 1. The van der Waals surface area contributed by atoms with Crippen LogP contribution in [0.15, 0.2) is 35.1 Å². The number of aromatic nitrogens is 2. The van der Waals surface area contributed by atoms with Gasteiger partial charge in [-0.15, -0.1) is 0 Å². The second-order valence-electron chi connectivity index (χ2n) is 3.76. The molecule has 0 radical (unpaired) electrons. The molecule has 2 aromatic rings. The summed E-state index contributed by atoms with van der Waals surface area (Å²) in [4.78, 5) is 0.334. The smallest absolute Gasteiger partial charge is 0.129 e. The number of ether oxygens (including phenoxy) is 1. The molecule has 0 saturated heterocycles. The van der Waals surface area contributed by atoms with Gasteiger partial charge in [-0.3, -0.25) is 4.68 Å². The summed E-state index contributed by atoms with van der Waals surface area (Å²) >= 11 is 8.33. The standard InChI is InChI=1S/C12H12BrN3OS/c1-17-11-4-8(2-3-10(11)12(14)18)6-16-7-9(13)5-15-16/h2-5,7H,6H2,1H3,(H2,14,18). The summed E-state index contributed by atoms with van der Waals surface area (Å²) in [5, 5.41) is 4.20. The normalized spacial score (nSPS) is 10.3. The Hall–Kier alpha value is -1.40. The molecule has 6 heteroatoms. The monoisotopic (exact) mass is 325 g/mol. The van der Waals surface area contributed by atoms with Gasteiger partial charge in [-0.1, -0.05) is 18.3 Å². The minimum atomic E-state index is 0.334. The van der Waals surface area contributed by atoms with Crippen LogP contribution in [0, 0.1) is 0 Å². The summed E-state index contributed by atoms with van der Waals surface area (Å²) in [6.45, 7) is 0.666. The number of halogens is 1. The number of nitrogens with two attached hydrogens (primary N) is 1. The van der Waals surface area contributed by atoms with E-state index in [1.807, 2.05) is 29.1 Å². The van der Waals surface area contributed by atoms with Crippen LogP contribution in [0.2, 0.25) is 0 Å². The molecule has 0 bridgehead atoms. The zero-order valence-corrected chi connectivity index (χ0v) is 12.2. The van der Waals surface area contributed by atoms with E-state index >= 15 is 0 Å². The van der Waals surface area contributed by atoms with E-state index in [4.69, 9.17) is 22.7 Å². The number of nitrogens with zero attached hydrogens (tertiary/aromatic N) is 2. The minimum absolute atomic E-state index is 0.334. The minimum Gasteiger partial charge on any atom is -0.496 e. The Labute approximate surface area is 119 Å². The van der Waals surface area contributed by atoms with Crippen molar-refractivity contribution in [3.8, 4) is 5.75 Å². The van der Waals surface area contributed by atoms with Gasteiger partial charge in [0.05, 0.1) is 29.9 Å². The van der Waals surface area contributed by atoms with Gasteiger partial charge in [0.25, 0.3) is 0 Å². The van der Waals surface area contributed by atoms with Crippen molar-refractivity contribution in [3.05, 3.63) is 46.2 Å². The van der Waals surface area contributed by atoms with Crippen LogP contribution in [0.25, 0.3) is 0 Å². The summed E-state index contributed by atoms with van der Waals surface area (Å²) in [7, 11) is 1.60. The van der Waals surface area contributed by atoms with Gasteiger partial charge in [0.1, 0.15) is 10.7 Å². The Morgan fingerprint density at radius 2 is 2.33 bits per heavy atom. The number of rotatable bonds is 4. The lowest BCUT2D eigenvalue weighted by molar-refractivity contribution is 0.413. The number of hydrogen-bond donors (Lipinski definition) is 1. The third kappa shape index (κ3) is 2.88. The molecule has 2 N–H and O–H groups in total. The first-order valence-electron chi connectivity index (χ1n) is 5.25. The Bertz CT molecular complexity index is 582. The first-order chi connectivity index (χ1) is 8.60. The van der Waals surface area contributed by atoms with E-state index in [1.54, 1.807) is 13.3 Å². The van der Waals surface area contributed by atoms with Gasteiger partial charge < -0.3 is 10.5 Å². The van der Waals surface area contributed by atoms with Crippen LogP contribution in [0.4, 0.5) is 0 Å². The van der Waals surface area contributed by atoms with Gasteiger partial charge in [-0.05, 0) is 33.6 Å². The van der Waals surface area contributed by atoms with Gasteiger partial charge in [-0.25, -0.2) is 0 Å². The Balaban J connectivity index is 2.27. The van der Waals surface area contributed by atoms with Crippen molar-refractivity contribution >= 4 is 33.1 Å². The fourth-order valence-electron chi connectivity index (χ4n) is 1.65. The highest BCUT2D eigenvalue weighted by molar-refractivity contribution is 9.10. The summed E-state index contributed by atoms with van der Waals surface area (Å²) in [5.41, 5.74) is 7.44. The lowest BCUT2D eigenvalue weighted by atomic mass is 10.1. The van der Waals surface area contributed by atoms with Crippen molar-refractivity contribution in [2.45, 2.75) is 6.54 Å². The second-order valence-corrected chi connectivity index (χ2v) is 5.11. The van der Waals surface area contributed by atoms with E-state index in [1.165, 1.54) is 0 Å². The van der Waals surface area contributed by atoms with E-state index in [2.05, 4.69) is 21.0 Å². The SMILES string of the molecule is COc1cc(Cn2cc(Br)cn2)ccc1C(N)=S. The van der Waals surface area contributed by atoms with Gasteiger partial charge in [0.15, 0.2) is 0 Å². The topological polar surface area (TPSA) is 53.1 Å². The largest absolute Gasteiger partial charge is 0.496 e. The third-order valence-electron chi connectivity index (χ3n) is 2.48. The molecule has 0 fully saturated rings. The summed E-state index contributed by atoms with van der Waals surface area (Å²) in [6, 6.07) is 5.76. The maximum atomic E-state index is 5.62. The molecule has 0 amide bonds. The average Bonchev–Trinajstić information content (AvgIpc) is 2.74. The van der Waals surface area contributed by atoms with Crippen LogP contribution in [-0.2, 0) is 6.54 Å². The number of hydrogen-bond acceptors (Lipinski definition) is 3. The third-order valence-corrected chi connectivity index (χ3v) is 3.11. The molecule has 0 unspecified atom stereocenters. The van der Waals surface area contributed by atoms with Crippen LogP contribution in [0.3, 0.4) is 0 Å². The van der Waals surface area contributed by atoms with Gasteiger partial charge in [-0.2, -0.15) is 5.10 Å². The highest BCUT2D eigenvalue weighted by atomic mass is 79.9. The molecule has 0 aliphatic heterocycles. The maximum absolute atomic E-state index is 5.62. The Morgan fingerprint density at radius 1 is 1.56 bits per heavy atom. The lowest BCUT2D eigenvalue weighted by Gasteiger charge is -2.09. The van der Waals surface area contributed by atoms with Gasteiger partial charge >= 0.3 is 0 Å². The van der Waals surface area contributed by atoms with Crippen molar-refractivity contribution in [1.82, 2.24) is 9.78 Å². The van der Waals surface area contributed by atoms with Crippen molar-refractivity contribution in [2.75, 3.05) is 7.11 Å². The zero-order chi connectivity index (χ0) is 13.1. The summed E-state index contributed by atoms with van der Waals surface area (Å²) in [5.74, 6) is 0.686. The predicted octanol–water partition coefficient (Wildman–Crippen LogP) is 2.34. The molecule has 1 aromatic heterocycles. The first kappa shape index (κ1) is 13.0. The number of benzene rings is 1. The van der Waals surface area contributed by atoms with Crippen LogP contribution in [0.1, 0.15) is 11.1 Å². The highest BCUT2D eigenvalue weighted by Crippen LogP contribution is 2.21. The quantitative estimate of drug-likeness (QED) is 0.876. The van der Waals surface area contributed by atoms with Crippen LogP contribution < -0.4 is 10.5 Å². The molecule has 1 aromatic carbocycles. The second kappa shape index (κ2) is 5.49. The maximum Gasteiger partial charge on any atom is 0.129 e. The highest BCUT2D eigenvalue weighted by Gasteiger charge is 2.07. The lowest BCUT2D eigenvalue weighted by Crippen LogP contribution is -2.11. The molecule has 4 nitrogen and oxygen atoms in total. The van der Waals surface area contributed by atoms with Crippen LogP contribution in [0.5, 0.6) is 5.75 Å². The number of methoxy groups -OCH3 is 1. The molecule has 0 aliphatic rings. The fraction of sp³-hybridized carbons (Fsp3) is 0.167. The fourth-order valence-corrected chi connectivity index (χ4v) is 2.15. The zero-order valence-electron chi connectivity index (χ0n) is 9.76. The Morgan fingerprint density at radius 3 is 2.89 bits per heavy atom. The molecule has 0 saturated carbocycles. The van der Waals surface area contributed by atoms with E-state index < -0.39 is 0 Å². The van der Waals surface area contributed by atoms with E-state index in [0.29, 0.717) is 17.3 Å². The summed E-state index contributed by atoms with van der Waals surface area (Å²) in [6.07, 6.45) is 3.66. The molecule has 2 rings (SSSR count). The van der Waals surface area contributed by atoms with E-state index in [-0.39, 0.29) is 0 Å². The van der Waals surface area contributed by atoms with Crippen LogP contribution in [-0.4, -0.2) is 21.9 Å². The molecule has 0 atom stereocenters. The van der Waals surface area contributed by atoms with E-state index in [9.17, 15) is 0 Å². The predicted molar refractivity (Wildman–Crippen MR) is 77.9 cm³/mol. The molecule has 1 heterocycles. The first-order valence-corrected chi connectivity index (χ1v) is 6.45. The molecule has 94 valence electrons. The van der Waals surface area contributed by atoms with Crippen molar-refractivity contribution < 1.29 is 4.74 Å². The molecular weight excluding hydrogens is 314 g/mol. The van der Waals surface area contributed by atoms with Crippen molar-refractivity contribution in [2.24, 2.45) is 5.73 Å². The van der Waals surface area contributed by atoms with E-state index in [0.717, 1.165) is 15.6 Å². The van der Waals surface area contributed by atoms with Crippen molar-refractivity contribution in [1.29, 1.82) is 0 Å². The van der Waals surface area contributed by atoms with Crippen molar-refractivity contribution in [3.63, 3.8) is 0 Å². The molecule has 18 heavy (non-hydrogen) atoms. The van der Waals surface area contributed by atoms with Gasteiger partial charge in [0.2, 0.25) is 0 Å². The van der Waals surface area contributed by atoms with Crippen LogP contribution >= 0.6 is 28.1 Å². The molecular formula is C12H12BrN3OS.